The van der Waals surface area contributed by atoms with Gasteiger partial charge in [-0.1, -0.05) is 6.07 Å². The van der Waals surface area contributed by atoms with Crippen LogP contribution in [0.4, 0.5) is 37.2 Å². The monoisotopic (exact) mass is 686 g/mol. The number of anilines is 2. The van der Waals surface area contributed by atoms with E-state index in [1.807, 2.05) is 0 Å². The third-order valence-corrected chi connectivity index (χ3v) is 9.44. The maximum atomic E-state index is 16.3. The minimum absolute atomic E-state index is 0.0554. The van der Waals surface area contributed by atoms with Gasteiger partial charge in [0.2, 0.25) is 0 Å². The van der Waals surface area contributed by atoms with Gasteiger partial charge in [-0.15, -0.1) is 11.3 Å². The van der Waals surface area contributed by atoms with Gasteiger partial charge >= 0.3 is 12.2 Å². The molecule has 2 atom stereocenters. The van der Waals surface area contributed by atoms with Crippen molar-refractivity contribution in [3.05, 3.63) is 65.2 Å². The van der Waals surface area contributed by atoms with Gasteiger partial charge in [0.15, 0.2) is 5.82 Å². The van der Waals surface area contributed by atoms with Crippen LogP contribution in [0.1, 0.15) is 36.1 Å². The van der Waals surface area contributed by atoms with Gasteiger partial charge < -0.3 is 15.4 Å². The van der Waals surface area contributed by atoms with Crippen molar-refractivity contribution in [2.24, 2.45) is 0 Å². The molecule has 0 spiro atoms. The minimum Gasteiger partial charge on any atom is -0.467 e. The van der Waals surface area contributed by atoms with Gasteiger partial charge in [0.05, 0.1) is 41.4 Å². The number of nitrogens with zero attached hydrogens (tertiary/aromatic N) is 7. The Labute approximate surface area is 274 Å². The molecule has 2 fully saturated rings. The first-order chi connectivity index (χ1) is 22.9. The highest BCUT2D eigenvalue weighted by Gasteiger charge is 2.38. The van der Waals surface area contributed by atoms with Crippen LogP contribution in [-0.2, 0) is 12.7 Å². The Morgan fingerprint density at radius 3 is 2.67 bits per heavy atom. The molecule has 16 heteroatoms. The van der Waals surface area contributed by atoms with Crippen molar-refractivity contribution < 1.29 is 31.1 Å². The van der Waals surface area contributed by atoms with Crippen LogP contribution in [0.3, 0.4) is 0 Å². The second-order valence-electron chi connectivity index (χ2n) is 11.5. The van der Waals surface area contributed by atoms with E-state index in [-0.39, 0.29) is 50.0 Å². The Bertz CT molecular complexity index is 2020. The lowest BCUT2D eigenvalue weighted by molar-refractivity contribution is -0.137. The first kappa shape index (κ1) is 33.2. The summed E-state index contributed by atoms with van der Waals surface area (Å²) in [6, 6.07) is 4.72. The number of rotatable bonds is 5. The molecule has 0 bridgehead atoms. The molecule has 0 saturated carbocycles. The molecule has 2 aromatic carbocycles. The van der Waals surface area contributed by atoms with Crippen LogP contribution in [0, 0.1) is 23.0 Å². The van der Waals surface area contributed by atoms with Crippen LogP contribution >= 0.6 is 11.3 Å². The summed E-state index contributed by atoms with van der Waals surface area (Å²) >= 11 is 0.688. The summed E-state index contributed by atoms with van der Waals surface area (Å²) in [6.45, 7) is 1.93. The van der Waals surface area contributed by atoms with E-state index in [0.29, 0.717) is 29.6 Å². The van der Waals surface area contributed by atoms with Gasteiger partial charge in [-0.05, 0) is 43.5 Å². The van der Waals surface area contributed by atoms with Crippen molar-refractivity contribution in [3.63, 3.8) is 0 Å². The number of ether oxygens (including phenoxy) is 1. The third-order valence-electron chi connectivity index (χ3n) is 8.41. The van der Waals surface area contributed by atoms with E-state index in [2.05, 4.69) is 24.8 Å². The molecule has 5 heterocycles. The maximum Gasteiger partial charge on any atom is 0.417 e. The summed E-state index contributed by atoms with van der Waals surface area (Å²) in [7, 11) is 2.76. The Morgan fingerprint density at radius 1 is 1.21 bits per heavy atom. The fraction of sp³-hybridized carbons (Fsp3) is 0.344. The number of nitriles is 1. The van der Waals surface area contributed by atoms with Crippen molar-refractivity contribution >= 4 is 43.1 Å². The van der Waals surface area contributed by atoms with Crippen molar-refractivity contribution in [3.8, 4) is 23.2 Å². The minimum atomic E-state index is -5.06. The number of methoxy groups -OCH3 is 1. The number of benzene rings is 2. The standard InChI is InChI=1S/C25H16F5N7OS.C7H12FN/c1-37(10-11-9-33-5-6-34-11)23-13-7-15(25(28,29)30)18(19(27)20(13)35-24(36-23)38-2)12-3-4-16(26)21-17(12)14(8-31)22(32)39-21;8-6-4-7-2-1-3-9(7)5-6/h3-7,9H,10,32H2,1-2H3;6-7H,1-5H2. The lowest BCUT2D eigenvalue weighted by Crippen LogP contribution is -2.22. The highest BCUT2D eigenvalue weighted by molar-refractivity contribution is 7.23. The van der Waals surface area contributed by atoms with E-state index >= 15 is 4.39 Å². The van der Waals surface area contributed by atoms with Crippen LogP contribution in [0.2, 0.25) is 0 Å². The zero-order valence-corrected chi connectivity index (χ0v) is 26.5. The van der Waals surface area contributed by atoms with Crippen LogP contribution in [0.5, 0.6) is 6.01 Å². The van der Waals surface area contributed by atoms with Gasteiger partial charge in [-0.25, -0.2) is 13.2 Å². The van der Waals surface area contributed by atoms with E-state index in [1.165, 1.54) is 50.5 Å². The quantitative estimate of drug-likeness (QED) is 0.197. The van der Waals surface area contributed by atoms with Gasteiger partial charge in [0.1, 0.15) is 34.4 Å². The smallest absolute Gasteiger partial charge is 0.417 e. The SMILES string of the molecule is COc1nc(N(C)Cc2cnccn2)c2cc(C(F)(F)F)c(-c3ccc(F)c4sc(N)c(C#N)c34)c(F)c2n1.FC1CC2CCCN2C1. The fourth-order valence-corrected chi connectivity index (χ4v) is 7.27. The van der Waals surface area contributed by atoms with Crippen molar-refractivity contribution in [2.45, 2.75) is 44.2 Å². The summed E-state index contributed by atoms with van der Waals surface area (Å²) in [4.78, 5) is 20.0. The zero-order valence-electron chi connectivity index (χ0n) is 25.7. The summed E-state index contributed by atoms with van der Waals surface area (Å²) < 4.78 is 92.0. The van der Waals surface area contributed by atoms with E-state index in [9.17, 15) is 27.2 Å². The van der Waals surface area contributed by atoms with E-state index in [0.717, 1.165) is 31.2 Å². The molecule has 250 valence electrons. The lowest BCUT2D eigenvalue weighted by atomic mass is 9.92. The number of hydrogen-bond acceptors (Lipinski definition) is 10. The van der Waals surface area contributed by atoms with Gasteiger partial charge in [0.25, 0.3) is 0 Å². The van der Waals surface area contributed by atoms with Crippen molar-refractivity contribution in [1.29, 1.82) is 5.26 Å². The number of alkyl halides is 4. The summed E-state index contributed by atoms with van der Waals surface area (Å²) in [6.07, 6.45) is 2.14. The topological polar surface area (TPSA) is 117 Å². The van der Waals surface area contributed by atoms with E-state index < -0.39 is 40.6 Å². The normalized spacial score (nSPS) is 17.6. The van der Waals surface area contributed by atoms with E-state index in [4.69, 9.17) is 10.5 Å². The molecule has 2 aliphatic rings. The fourth-order valence-electron chi connectivity index (χ4n) is 6.32. The van der Waals surface area contributed by atoms with Gasteiger partial charge in [0, 0.05) is 48.4 Å². The second-order valence-corrected chi connectivity index (χ2v) is 12.5. The predicted octanol–water partition coefficient (Wildman–Crippen LogP) is 6.89. The molecule has 9 nitrogen and oxygen atoms in total. The Balaban J connectivity index is 0.000000381. The molecular formula is C32H28F6N8OS. The largest absolute Gasteiger partial charge is 0.467 e. The predicted molar refractivity (Wildman–Crippen MR) is 169 cm³/mol. The Hall–Kier alpha value is -4.75. The van der Waals surface area contributed by atoms with Crippen molar-refractivity contribution in [2.75, 3.05) is 37.9 Å². The highest BCUT2D eigenvalue weighted by atomic mass is 32.1. The second kappa shape index (κ2) is 13.0. The van der Waals surface area contributed by atoms with Crippen molar-refractivity contribution in [1.82, 2.24) is 24.8 Å². The third kappa shape index (κ3) is 6.15. The number of hydrogen-bond donors (Lipinski definition) is 1. The Kier molecular flexibility index (Phi) is 9.01. The number of halogens is 6. The number of thiophene rings is 1. The number of aromatic nitrogens is 4. The first-order valence-electron chi connectivity index (χ1n) is 14.8. The summed E-state index contributed by atoms with van der Waals surface area (Å²) in [5.74, 6) is -2.21. The van der Waals surface area contributed by atoms with Gasteiger partial charge in [-0.2, -0.15) is 28.4 Å². The molecule has 7 rings (SSSR count). The van der Waals surface area contributed by atoms with Crippen LogP contribution in [0.15, 0.2) is 36.8 Å². The first-order valence-corrected chi connectivity index (χ1v) is 15.6. The van der Waals surface area contributed by atoms with Crippen LogP contribution < -0.4 is 15.4 Å². The number of nitrogens with two attached hydrogens (primary N) is 1. The van der Waals surface area contributed by atoms with E-state index in [1.54, 1.807) is 6.07 Å². The molecule has 2 N–H and O–H groups in total. The average Bonchev–Trinajstić information content (AvgIpc) is 3.74. The number of fused-ring (bicyclic) bond motifs is 3. The lowest BCUT2D eigenvalue weighted by Gasteiger charge is -2.22. The Morgan fingerprint density at radius 2 is 2.00 bits per heavy atom. The highest BCUT2D eigenvalue weighted by Crippen LogP contribution is 2.48. The maximum absolute atomic E-state index is 16.3. The summed E-state index contributed by atoms with van der Waals surface area (Å²) in [5.41, 5.74) is 2.99. The molecule has 5 aromatic rings. The van der Waals surface area contributed by atoms with Crippen LogP contribution in [0.25, 0.3) is 32.1 Å². The zero-order chi connectivity index (χ0) is 34.3. The van der Waals surface area contributed by atoms with Crippen LogP contribution in [-0.4, -0.2) is 64.3 Å². The number of nitrogen functional groups attached to an aromatic ring is 1. The molecule has 48 heavy (non-hydrogen) atoms. The molecule has 2 saturated heterocycles. The molecule has 0 aliphatic carbocycles. The molecular weight excluding hydrogens is 658 g/mol. The molecule has 2 unspecified atom stereocenters. The molecule has 2 aliphatic heterocycles. The summed E-state index contributed by atoms with van der Waals surface area (Å²) in [5, 5.41) is 9.04. The molecule has 0 amide bonds. The van der Waals surface area contributed by atoms with Gasteiger partial charge in [-0.3, -0.25) is 14.9 Å². The molecule has 0 radical (unpaired) electrons. The molecule has 3 aromatic heterocycles. The average molecular weight is 687 g/mol.